The molecule has 3 rings (SSSR count). The van der Waals surface area contributed by atoms with E-state index in [4.69, 9.17) is 22.1 Å². The summed E-state index contributed by atoms with van der Waals surface area (Å²) in [7, 11) is 0. The summed E-state index contributed by atoms with van der Waals surface area (Å²) < 4.78 is 7.50. The number of nitrogens with two attached hydrogens (primary N) is 1. The van der Waals surface area contributed by atoms with Crippen molar-refractivity contribution in [2.45, 2.75) is 39.3 Å². The van der Waals surface area contributed by atoms with Gasteiger partial charge in [-0.2, -0.15) is 0 Å². The molecule has 0 aliphatic heterocycles. The maximum absolute atomic E-state index is 12.8. The van der Waals surface area contributed by atoms with Crippen LogP contribution in [0.4, 0.5) is 17.3 Å². The minimum absolute atomic E-state index is 0.137. The largest absolute Gasteiger partial charge is 0.456 e. The summed E-state index contributed by atoms with van der Waals surface area (Å²) in [5.74, 6) is -0.0987. The molecule has 2 heterocycles. The number of benzene rings is 1. The number of hydrogen-bond acceptors (Lipinski definition) is 7. The predicted molar refractivity (Wildman–Crippen MR) is 128 cm³/mol. The second-order valence-electron chi connectivity index (χ2n) is 8.44. The van der Waals surface area contributed by atoms with Crippen molar-refractivity contribution in [3.63, 3.8) is 0 Å². The molecule has 174 valence electrons. The van der Waals surface area contributed by atoms with E-state index in [2.05, 4.69) is 10.3 Å². The average Bonchev–Trinajstić information content (AvgIpc) is 3.14. The van der Waals surface area contributed by atoms with Crippen molar-refractivity contribution in [2.75, 3.05) is 17.6 Å². The number of hydrogen-bond donors (Lipinski definition) is 2. The van der Waals surface area contributed by atoms with Crippen molar-refractivity contribution < 1.29 is 14.5 Å². The Morgan fingerprint density at radius 2 is 1.94 bits per heavy atom. The number of carbonyl (C=O) groups excluding carboxylic acids is 1. The highest BCUT2D eigenvalue weighted by Crippen LogP contribution is 2.32. The first kappa shape index (κ1) is 24.1. The van der Waals surface area contributed by atoms with E-state index in [-0.39, 0.29) is 11.5 Å². The first-order valence-corrected chi connectivity index (χ1v) is 10.8. The lowest BCUT2D eigenvalue weighted by atomic mass is 10.0. The first-order valence-electron chi connectivity index (χ1n) is 10.4. The lowest BCUT2D eigenvalue weighted by molar-refractivity contribution is -0.384. The van der Waals surface area contributed by atoms with Gasteiger partial charge in [-0.05, 0) is 39.3 Å². The molecule has 0 amide bonds. The van der Waals surface area contributed by atoms with Gasteiger partial charge in [0.15, 0.2) is 0 Å². The third-order valence-corrected chi connectivity index (χ3v) is 4.99. The van der Waals surface area contributed by atoms with Crippen LogP contribution >= 0.6 is 11.6 Å². The number of ether oxygens (including phenoxy) is 1. The van der Waals surface area contributed by atoms with E-state index in [1.54, 1.807) is 12.3 Å². The fourth-order valence-corrected chi connectivity index (χ4v) is 3.46. The highest BCUT2D eigenvalue weighted by atomic mass is 35.5. The maximum atomic E-state index is 12.8. The quantitative estimate of drug-likeness (QED) is 0.201. The maximum Gasteiger partial charge on any atom is 0.340 e. The van der Waals surface area contributed by atoms with Crippen LogP contribution in [0, 0.1) is 10.1 Å². The van der Waals surface area contributed by atoms with E-state index < -0.39 is 16.5 Å². The van der Waals surface area contributed by atoms with Gasteiger partial charge in [0, 0.05) is 47.7 Å². The summed E-state index contributed by atoms with van der Waals surface area (Å²) in [5.41, 5.74) is 6.67. The molecule has 0 aliphatic rings. The summed E-state index contributed by atoms with van der Waals surface area (Å²) in [6.07, 6.45) is 4.33. The lowest BCUT2D eigenvalue weighted by Crippen LogP contribution is -2.24. The Bertz CT molecular complexity index is 1170. The summed E-state index contributed by atoms with van der Waals surface area (Å²) in [6, 6.07) is 10.2. The van der Waals surface area contributed by atoms with E-state index in [1.807, 2.05) is 49.7 Å². The van der Waals surface area contributed by atoms with E-state index in [9.17, 15) is 14.9 Å². The van der Waals surface area contributed by atoms with Crippen LogP contribution < -0.4 is 11.1 Å². The highest BCUT2D eigenvalue weighted by molar-refractivity contribution is 6.33. The molecule has 10 heteroatoms. The van der Waals surface area contributed by atoms with Gasteiger partial charge in [0.25, 0.3) is 0 Å². The minimum atomic E-state index is -0.625. The molecule has 2 aromatic heterocycles. The van der Waals surface area contributed by atoms with Crippen LogP contribution in [0.1, 0.15) is 37.6 Å². The van der Waals surface area contributed by atoms with Gasteiger partial charge in [-0.25, -0.2) is 9.78 Å². The van der Waals surface area contributed by atoms with Gasteiger partial charge in [0.2, 0.25) is 5.82 Å². The molecule has 0 saturated carbocycles. The SMILES string of the molecule is CC(C)(C)OC(=O)c1cn(CCCNc2ccc([N+](=O)[O-])c(N)n2)cc1-c1ccccc1Cl. The molecule has 9 nitrogen and oxygen atoms in total. The Kier molecular flexibility index (Phi) is 7.23. The van der Waals surface area contributed by atoms with Crippen molar-refractivity contribution in [1.82, 2.24) is 9.55 Å². The molecule has 0 unspecified atom stereocenters. The predicted octanol–water partition coefficient (Wildman–Crippen LogP) is 5.15. The van der Waals surface area contributed by atoms with Crippen LogP contribution in [0.25, 0.3) is 11.1 Å². The molecule has 0 saturated heterocycles. The fourth-order valence-electron chi connectivity index (χ4n) is 3.23. The molecule has 0 spiro atoms. The zero-order valence-electron chi connectivity index (χ0n) is 18.7. The molecule has 0 aliphatic carbocycles. The number of pyridine rings is 1. The minimum Gasteiger partial charge on any atom is -0.456 e. The molecule has 1 aromatic carbocycles. The number of carbonyl (C=O) groups is 1. The molecule has 0 atom stereocenters. The highest BCUT2D eigenvalue weighted by Gasteiger charge is 2.23. The van der Waals surface area contributed by atoms with Gasteiger partial charge in [-0.1, -0.05) is 29.8 Å². The van der Waals surface area contributed by atoms with Crippen LogP contribution in [-0.2, 0) is 11.3 Å². The number of nitrogens with zero attached hydrogens (tertiary/aromatic N) is 3. The molecular weight excluding hydrogens is 446 g/mol. The van der Waals surface area contributed by atoms with Gasteiger partial charge in [-0.3, -0.25) is 10.1 Å². The second kappa shape index (κ2) is 9.91. The van der Waals surface area contributed by atoms with Crippen LogP contribution in [0.2, 0.25) is 5.02 Å². The summed E-state index contributed by atoms with van der Waals surface area (Å²) in [4.78, 5) is 27.1. The zero-order chi connectivity index (χ0) is 24.2. The van der Waals surface area contributed by atoms with Crippen LogP contribution in [0.3, 0.4) is 0 Å². The standard InChI is InChI=1S/C23H26ClN5O4/c1-23(2,3)33-22(30)17-14-28(13-16(17)15-7-4-5-8-18(15)24)12-6-11-26-20-10-9-19(29(31)32)21(25)27-20/h4-5,7-10,13-14H,6,11-12H2,1-3H3,(H3,25,26,27). The van der Waals surface area contributed by atoms with E-state index in [0.29, 0.717) is 41.5 Å². The number of aryl methyl sites for hydroxylation is 1. The molecule has 3 N–H and O–H groups in total. The number of halogens is 1. The van der Waals surface area contributed by atoms with E-state index in [0.717, 1.165) is 5.56 Å². The number of anilines is 2. The number of nitrogens with one attached hydrogen (secondary N) is 1. The topological polar surface area (TPSA) is 125 Å². The summed E-state index contributed by atoms with van der Waals surface area (Å²) in [6.45, 7) is 6.62. The molecule has 0 radical (unpaired) electrons. The van der Waals surface area contributed by atoms with Gasteiger partial charge < -0.3 is 20.4 Å². The van der Waals surface area contributed by atoms with E-state index >= 15 is 0 Å². The van der Waals surface area contributed by atoms with Crippen molar-refractivity contribution in [1.29, 1.82) is 0 Å². The van der Waals surface area contributed by atoms with Gasteiger partial charge in [0.1, 0.15) is 11.4 Å². The molecule has 33 heavy (non-hydrogen) atoms. The number of nitro groups is 1. The van der Waals surface area contributed by atoms with Crippen molar-refractivity contribution in [3.8, 4) is 11.1 Å². The van der Waals surface area contributed by atoms with Crippen molar-refractivity contribution in [2.24, 2.45) is 0 Å². The van der Waals surface area contributed by atoms with Gasteiger partial charge >= 0.3 is 11.7 Å². The average molecular weight is 472 g/mol. The Hall–Kier alpha value is -3.59. The third-order valence-electron chi connectivity index (χ3n) is 4.66. The molecule has 0 bridgehead atoms. The van der Waals surface area contributed by atoms with Gasteiger partial charge in [-0.15, -0.1) is 0 Å². The summed E-state index contributed by atoms with van der Waals surface area (Å²) in [5, 5.41) is 14.5. The normalized spacial score (nSPS) is 11.3. The second-order valence-corrected chi connectivity index (χ2v) is 8.85. The fraction of sp³-hybridized carbons (Fsp3) is 0.304. The molecule has 0 fully saturated rings. The third kappa shape index (κ3) is 6.23. The lowest BCUT2D eigenvalue weighted by Gasteiger charge is -2.19. The number of aromatic nitrogens is 2. The number of esters is 1. The van der Waals surface area contributed by atoms with Crippen molar-refractivity contribution in [3.05, 3.63) is 69.5 Å². The monoisotopic (exact) mass is 471 g/mol. The summed E-state index contributed by atoms with van der Waals surface area (Å²) >= 11 is 6.39. The Morgan fingerprint density at radius 1 is 1.21 bits per heavy atom. The zero-order valence-corrected chi connectivity index (χ0v) is 19.4. The van der Waals surface area contributed by atoms with E-state index in [1.165, 1.54) is 12.1 Å². The Labute approximate surface area is 196 Å². The molecular formula is C23H26ClN5O4. The van der Waals surface area contributed by atoms with Crippen LogP contribution in [0.5, 0.6) is 0 Å². The number of nitrogen functional groups attached to an aromatic ring is 1. The van der Waals surface area contributed by atoms with Crippen LogP contribution in [-0.4, -0.2) is 32.6 Å². The van der Waals surface area contributed by atoms with Crippen LogP contribution in [0.15, 0.2) is 48.8 Å². The Morgan fingerprint density at radius 3 is 2.58 bits per heavy atom. The molecule has 3 aromatic rings. The van der Waals surface area contributed by atoms with Crippen molar-refractivity contribution >= 4 is 34.9 Å². The Balaban J connectivity index is 1.72. The van der Waals surface area contributed by atoms with Gasteiger partial charge in [0.05, 0.1) is 10.5 Å². The number of rotatable bonds is 8. The smallest absolute Gasteiger partial charge is 0.340 e. The first-order chi connectivity index (χ1) is 15.5.